The van der Waals surface area contributed by atoms with Gasteiger partial charge in [-0.1, -0.05) is 12.1 Å². The highest BCUT2D eigenvalue weighted by Crippen LogP contribution is 2.16. The summed E-state index contributed by atoms with van der Waals surface area (Å²) in [6, 6.07) is 6.14. The van der Waals surface area contributed by atoms with Crippen molar-refractivity contribution >= 4 is 23.8 Å². The molecule has 1 atom stereocenters. The molecule has 1 N–H and O–H groups in total. The minimum absolute atomic E-state index is 0.107. The molecule has 0 spiro atoms. The molecular formula is C22H32N4O6. The van der Waals surface area contributed by atoms with Crippen LogP contribution in [0.1, 0.15) is 45.0 Å². The van der Waals surface area contributed by atoms with Gasteiger partial charge in [-0.2, -0.15) is 0 Å². The average molecular weight is 449 g/mol. The number of piperazine rings is 1. The Balaban J connectivity index is 1.84. The molecule has 1 heterocycles. The molecule has 1 aliphatic heterocycles. The lowest BCUT2D eigenvalue weighted by Gasteiger charge is -2.37. The molecule has 176 valence electrons. The van der Waals surface area contributed by atoms with Crippen LogP contribution in [0.2, 0.25) is 0 Å². The van der Waals surface area contributed by atoms with Crippen LogP contribution in [0, 0.1) is 0 Å². The highest BCUT2D eigenvalue weighted by Gasteiger charge is 2.29. The fourth-order valence-electron chi connectivity index (χ4n) is 2.97. The smallest absolute Gasteiger partial charge is 0.410 e. The second-order valence-corrected chi connectivity index (χ2v) is 8.62. The summed E-state index contributed by atoms with van der Waals surface area (Å²) in [5, 5.41) is 1.09. The zero-order chi connectivity index (χ0) is 24.1. The van der Waals surface area contributed by atoms with Gasteiger partial charge in [0, 0.05) is 38.8 Å². The summed E-state index contributed by atoms with van der Waals surface area (Å²) in [6.45, 7) is 9.72. The van der Waals surface area contributed by atoms with Crippen LogP contribution >= 0.6 is 0 Å². The molecule has 10 heteroatoms. The van der Waals surface area contributed by atoms with E-state index < -0.39 is 29.7 Å². The lowest BCUT2D eigenvalue weighted by molar-refractivity contribution is -0.130. The zero-order valence-electron chi connectivity index (χ0n) is 19.5. The van der Waals surface area contributed by atoms with E-state index in [1.54, 1.807) is 61.8 Å². The molecule has 10 nitrogen and oxygen atoms in total. The summed E-state index contributed by atoms with van der Waals surface area (Å²) in [6.07, 6.45) is -1.30. The summed E-state index contributed by atoms with van der Waals surface area (Å²) in [5.74, 6) is -0.237. The first-order valence-corrected chi connectivity index (χ1v) is 10.5. The number of carbonyl (C=O) groups excluding carboxylic acids is 4. The van der Waals surface area contributed by atoms with Crippen molar-refractivity contribution in [1.82, 2.24) is 20.2 Å². The third-order valence-corrected chi connectivity index (χ3v) is 4.69. The predicted octanol–water partition coefficient (Wildman–Crippen LogP) is 2.29. The summed E-state index contributed by atoms with van der Waals surface area (Å²) in [7, 11) is 1.45. The Labute approximate surface area is 188 Å². The van der Waals surface area contributed by atoms with Crippen molar-refractivity contribution in [3.63, 3.8) is 0 Å². The Morgan fingerprint density at radius 1 is 1.06 bits per heavy atom. The molecule has 1 fully saturated rings. The number of ether oxygens (including phenoxy) is 2. The fraction of sp³-hybridized carbons (Fsp3) is 0.545. The van der Waals surface area contributed by atoms with E-state index in [4.69, 9.17) is 9.47 Å². The molecule has 0 radical (unpaired) electrons. The summed E-state index contributed by atoms with van der Waals surface area (Å²) < 4.78 is 11.0. The van der Waals surface area contributed by atoms with Gasteiger partial charge in [0.25, 0.3) is 5.91 Å². The third kappa shape index (κ3) is 7.14. The van der Waals surface area contributed by atoms with Gasteiger partial charge in [0.2, 0.25) is 0 Å². The normalized spacial score (nSPS) is 14.9. The number of nitrogens with zero attached hydrogens (tertiary/aromatic N) is 3. The fourth-order valence-corrected chi connectivity index (χ4v) is 2.97. The van der Waals surface area contributed by atoms with E-state index in [0.717, 1.165) is 5.01 Å². The van der Waals surface area contributed by atoms with Crippen LogP contribution in [0.15, 0.2) is 24.3 Å². The van der Waals surface area contributed by atoms with Crippen molar-refractivity contribution in [3.8, 4) is 5.75 Å². The molecule has 2 rings (SSSR count). The van der Waals surface area contributed by atoms with Crippen LogP contribution in [0.5, 0.6) is 5.75 Å². The van der Waals surface area contributed by atoms with Crippen LogP contribution in [0.25, 0.3) is 0 Å². The zero-order valence-corrected chi connectivity index (χ0v) is 19.5. The van der Waals surface area contributed by atoms with Crippen LogP contribution in [-0.4, -0.2) is 83.6 Å². The Hall–Kier alpha value is -3.30. The highest BCUT2D eigenvalue weighted by molar-refractivity contribution is 5.94. The second kappa shape index (κ2) is 10.3. The topological polar surface area (TPSA) is 108 Å². The monoisotopic (exact) mass is 448 g/mol. The number of urea groups is 1. The summed E-state index contributed by atoms with van der Waals surface area (Å²) in [4.78, 5) is 51.9. The first kappa shape index (κ1) is 25.0. The first-order chi connectivity index (χ1) is 14.9. The molecule has 0 bridgehead atoms. The number of ketones is 1. The van der Waals surface area contributed by atoms with Gasteiger partial charge in [-0.05, 0) is 46.8 Å². The number of hydrogen-bond donors (Lipinski definition) is 1. The first-order valence-electron chi connectivity index (χ1n) is 10.5. The van der Waals surface area contributed by atoms with E-state index in [1.807, 2.05) is 0 Å². The van der Waals surface area contributed by atoms with E-state index in [1.165, 1.54) is 14.0 Å². The number of hydrazine groups is 1. The van der Waals surface area contributed by atoms with Crippen LogP contribution in [-0.2, 0) is 9.53 Å². The maximum Gasteiger partial charge on any atom is 0.410 e. The van der Waals surface area contributed by atoms with Gasteiger partial charge >= 0.3 is 12.1 Å². The van der Waals surface area contributed by atoms with E-state index in [0.29, 0.717) is 37.5 Å². The minimum Gasteiger partial charge on any atom is -0.481 e. The van der Waals surface area contributed by atoms with Crippen molar-refractivity contribution in [2.45, 2.75) is 46.3 Å². The standard InChI is InChI=1S/C22H32N4O6/c1-15(27)17-8-7-9-18(14-17)31-16(2)19(28)23-24(6)20(29)25-10-12-26(13-11-25)21(30)32-22(3,4)5/h7-9,14,16H,10-13H2,1-6H3,(H,23,28)/t16-/m0/s1. The molecule has 0 unspecified atom stereocenters. The number of carbonyl (C=O) groups is 4. The van der Waals surface area contributed by atoms with Crippen molar-refractivity contribution in [2.75, 3.05) is 33.2 Å². The van der Waals surface area contributed by atoms with Crippen LogP contribution < -0.4 is 10.2 Å². The molecular weight excluding hydrogens is 416 g/mol. The van der Waals surface area contributed by atoms with Crippen molar-refractivity contribution in [2.24, 2.45) is 0 Å². The molecule has 1 aromatic rings. The van der Waals surface area contributed by atoms with Crippen LogP contribution in [0.4, 0.5) is 9.59 Å². The molecule has 0 saturated carbocycles. The number of rotatable bonds is 4. The molecule has 1 aromatic carbocycles. The second-order valence-electron chi connectivity index (χ2n) is 8.62. The van der Waals surface area contributed by atoms with Crippen molar-refractivity contribution in [3.05, 3.63) is 29.8 Å². The summed E-state index contributed by atoms with van der Waals surface area (Å²) in [5.41, 5.74) is 2.40. The summed E-state index contributed by atoms with van der Waals surface area (Å²) >= 11 is 0. The Kier molecular flexibility index (Phi) is 8.07. The van der Waals surface area contributed by atoms with E-state index in [-0.39, 0.29) is 5.78 Å². The van der Waals surface area contributed by atoms with Gasteiger partial charge in [0.05, 0.1) is 0 Å². The van der Waals surface area contributed by atoms with Crippen LogP contribution in [0.3, 0.4) is 0 Å². The van der Waals surface area contributed by atoms with Gasteiger partial charge in [-0.15, -0.1) is 0 Å². The lowest BCUT2D eigenvalue weighted by Crippen LogP contribution is -2.57. The SMILES string of the molecule is CC(=O)c1cccc(O[C@@H](C)C(=O)NN(C)C(=O)N2CCN(C(=O)OC(C)(C)C)CC2)c1. The van der Waals surface area contributed by atoms with Gasteiger partial charge in [-0.25, -0.2) is 14.6 Å². The van der Waals surface area contributed by atoms with Crippen molar-refractivity contribution in [1.29, 1.82) is 0 Å². The van der Waals surface area contributed by atoms with E-state index in [9.17, 15) is 19.2 Å². The minimum atomic E-state index is -0.892. The maximum absolute atomic E-state index is 12.7. The molecule has 32 heavy (non-hydrogen) atoms. The molecule has 0 aromatic heterocycles. The number of amides is 4. The molecule has 1 saturated heterocycles. The predicted molar refractivity (Wildman–Crippen MR) is 117 cm³/mol. The third-order valence-electron chi connectivity index (χ3n) is 4.69. The number of nitrogens with one attached hydrogen (secondary N) is 1. The highest BCUT2D eigenvalue weighted by atomic mass is 16.6. The Morgan fingerprint density at radius 3 is 2.22 bits per heavy atom. The quantitative estimate of drug-likeness (QED) is 0.559. The lowest BCUT2D eigenvalue weighted by atomic mass is 10.1. The number of benzene rings is 1. The van der Waals surface area contributed by atoms with Gasteiger partial charge in [0.15, 0.2) is 11.9 Å². The molecule has 0 aliphatic carbocycles. The molecule has 1 aliphatic rings. The number of Topliss-reactive ketones (excluding diaryl/α,β-unsaturated/α-hetero) is 1. The average Bonchev–Trinajstić information content (AvgIpc) is 2.72. The van der Waals surface area contributed by atoms with E-state index >= 15 is 0 Å². The van der Waals surface area contributed by atoms with Gasteiger partial charge in [0.1, 0.15) is 11.4 Å². The number of hydrogen-bond acceptors (Lipinski definition) is 6. The van der Waals surface area contributed by atoms with E-state index in [2.05, 4.69) is 5.43 Å². The van der Waals surface area contributed by atoms with Gasteiger partial charge in [-0.3, -0.25) is 15.0 Å². The van der Waals surface area contributed by atoms with Crippen molar-refractivity contribution < 1.29 is 28.7 Å². The van der Waals surface area contributed by atoms with Gasteiger partial charge < -0.3 is 19.3 Å². The Bertz CT molecular complexity index is 858. The largest absolute Gasteiger partial charge is 0.481 e. The molecule has 4 amide bonds. The Morgan fingerprint density at radius 2 is 1.66 bits per heavy atom. The maximum atomic E-state index is 12.7.